The molecular weight excluding hydrogens is 589 g/mol. The molecule has 2 aliphatic heterocycles. The molecule has 0 aliphatic carbocycles. The average molecular weight is 626 g/mol. The number of fused-ring (bicyclic) bond motifs is 1. The summed E-state index contributed by atoms with van der Waals surface area (Å²) in [4.78, 5) is 24.8. The summed E-state index contributed by atoms with van der Waals surface area (Å²) in [6.07, 6.45) is 4.50. The van der Waals surface area contributed by atoms with E-state index in [0.717, 1.165) is 61.5 Å². The fourth-order valence-corrected chi connectivity index (χ4v) is 5.96. The molecule has 0 N–H and O–H groups in total. The minimum absolute atomic E-state index is 0.0286. The zero-order chi connectivity index (χ0) is 32.0. The van der Waals surface area contributed by atoms with E-state index in [4.69, 9.17) is 34.2 Å². The molecule has 2 fully saturated rings. The number of aromatic nitrogens is 3. The molecule has 46 heavy (non-hydrogen) atoms. The van der Waals surface area contributed by atoms with Gasteiger partial charge in [0.2, 0.25) is 5.88 Å². The van der Waals surface area contributed by atoms with Gasteiger partial charge in [0.15, 0.2) is 5.75 Å². The smallest absolute Gasteiger partial charge is 0.341 e. The van der Waals surface area contributed by atoms with Crippen LogP contribution in [0.15, 0.2) is 61.2 Å². The maximum absolute atomic E-state index is 14.3. The first-order valence-electron chi connectivity index (χ1n) is 15.4. The Labute approximate surface area is 267 Å². The van der Waals surface area contributed by atoms with Gasteiger partial charge in [-0.2, -0.15) is 5.26 Å². The number of nitriles is 1. The molecule has 6 rings (SSSR count). The molecule has 10 nitrogen and oxygen atoms in total. The van der Waals surface area contributed by atoms with Crippen LogP contribution in [0.25, 0.3) is 11.0 Å². The molecule has 0 saturated carbocycles. The van der Waals surface area contributed by atoms with E-state index in [1.807, 2.05) is 24.3 Å². The Hall–Kier alpha value is -4.79. The van der Waals surface area contributed by atoms with Crippen LogP contribution < -0.4 is 9.47 Å². The first-order valence-corrected chi connectivity index (χ1v) is 15.4. The second-order valence-corrected chi connectivity index (χ2v) is 11.5. The van der Waals surface area contributed by atoms with E-state index in [2.05, 4.69) is 16.0 Å². The largest absolute Gasteiger partial charge is 0.486 e. The Balaban J connectivity index is 1.16. The number of rotatable bonds is 12. The number of piperidine rings is 1. The van der Waals surface area contributed by atoms with E-state index >= 15 is 0 Å². The lowest BCUT2D eigenvalue weighted by Gasteiger charge is -2.32. The van der Waals surface area contributed by atoms with Crippen LogP contribution >= 0.6 is 0 Å². The summed E-state index contributed by atoms with van der Waals surface area (Å²) in [5, 5.41) is 8.97. The molecule has 1 atom stereocenters. The van der Waals surface area contributed by atoms with Crippen LogP contribution in [0.5, 0.6) is 11.6 Å². The summed E-state index contributed by atoms with van der Waals surface area (Å²) in [5.41, 5.74) is 3.44. The van der Waals surface area contributed by atoms with Crippen molar-refractivity contribution >= 4 is 17.0 Å². The van der Waals surface area contributed by atoms with Gasteiger partial charge in [0.1, 0.15) is 35.9 Å². The highest BCUT2D eigenvalue weighted by atomic mass is 19.1. The zero-order valence-corrected chi connectivity index (χ0v) is 25.8. The standard InChI is InChI=1S/C35H36FN5O5/c1-3-16-45-34-27(35(42)43-2)9-10-30-33(34)41(20-26-13-17-44-26)31(38-30)21-40-14-11-24(12-15-40)29-5-4-6-32(39-29)46-22-25-8-7-23(19-37)18-28(25)36/h3-10,18,24,26H,1,11-17,20-22H2,2H3/t26-/m0/s1. The molecule has 2 aromatic heterocycles. The predicted molar refractivity (Wildman–Crippen MR) is 168 cm³/mol. The Bertz CT molecular complexity index is 1770. The Morgan fingerprint density at radius 3 is 2.67 bits per heavy atom. The predicted octanol–water partition coefficient (Wildman–Crippen LogP) is 5.54. The zero-order valence-electron chi connectivity index (χ0n) is 25.8. The van der Waals surface area contributed by atoms with Crippen molar-refractivity contribution in [1.82, 2.24) is 19.4 Å². The minimum Gasteiger partial charge on any atom is -0.486 e. The number of nitrogens with zero attached hydrogens (tertiary/aromatic N) is 5. The van der Waals surface area contributed by atoms with Gasteiger partial charge < -0.3 is 23.5 Å². The summed E-state index contributed by atoms with van der Waals surface area (Å²) < 4.78 is 39.1. The highest BCUT2D eigenvalue weighted by molar-refractivity contribution is 5.99. The van der Waals surface area contributed by atoms with Gasteiger partial charge in [-0.15, -0.1) is 0 Å². The van der Waals surface area contributed by atoms with E-state index in [0.29, 0.717) is 35.8 Å². The first-order chi connectivity index (χ1) is 22.5. The second-order valence-electron chi connectivity index (χ2n) is 11.5. The van der Waals surface area contributed by atoms with Crippen molar-refractivity contribution in [3.63, 3.8) is 0 Å². The number of hydrogen-bond donors (Lipinski definition) is 0. The van der Waals surface area contributed by atoms with Crippen LogP contribution in [0, 0.1) is 17.1 Å². The lowest BCUT2D eigenvalue weighted by atomic mass is 9.93. The number of esters is 1. The number of hydrogen-bond acceptors (Lipinski definition) is 9. The number of carbonyl (C=O) groups is 1. The maximum Gasteiger partial charge on any atom is 0.341 e. The number of carbonyl (C=O) groups excluding carboxylic acids is 1. The second kappa shape index (κ2) is 14.1. The SMILES string of the molecule is C=CCOc1c(C(=O)OC)ccc2nc(CN3CCC(c4cccc(OCc5ccc(C#N)cc5F)n4)CC3)n(C[C@@H]3CCO3)c12. The third-order valence-electron chi connectivity index (χ3n) is 8.55. The van der Waals surface area contributed by atoms with Crippen molar-refractivity contribution in [2.45, 2.75) is 51.0 Å². The summed E-state index contributed by atoms with van der Waals surface area (Å²) in [7, 11) is 1.36. The van der Waals surface area contributed by atoms with Gasteiger partial charge in [-0.1, -0.05) is 24.8 Å². The van der Waals surface area contributed by atoms with Gasteiger partial charge in [-0.05, 0) is 62.7 Å². The van der Waals surface area contributed by atoms with Crippen molar-refractivity contribution < 1.29 is 28.1 Å². The van der Waals surface area contributed by atoms with E-state index < -0.39 is 11.8 Å². The molecule has 0 radical (unpaired) electrons. The van der Waals surface area contributed by atoms with Gasteiger partial charge >= 0.3 is 5.97 Å². The van der Waals surface area contributed by atoms with Gasteiger partial charge in [0.05, 0.1) is 43.5 Å². The molecule has 4 heterocycles. The van der Waals surface area contributed by atoms with E-state index in [-0.39, 0.29) is 30.8 Å². The third-order valence-corrected chi connectivity index (χ3v) is 8.55. The number of ether oxygens (including phenoxy) is 4. The maximum atomic E-state index is 14.3. The van der Waals surface area contributed by atoms with Crippen LogP contribution in [-0.4, -0.2) is 64.9 Å². The van der Waals surface area contributed by atoms with Crippen molar-refractivity contribution in [1.29, 1.82) is 5.26 Å². The van der Waals surface area contributed by atoms with Gasteiger partial charge in [0, 0.05) is 29.8 Å². The Morgan fingerprint density at radius 1 is 1.15 bits per heavy atom. The topological polar surface area (TPSA) is 112 Å². The van der Waals surface area contributed by atoms with E-state index in [1.54, 1.807) is 30.3 Å². The molecule has 11 heteroatoms. The summed E-state index contributed by atoms with van der Waals surface area (Å²) >= 11 is 0. The Kier molecular flexibility index (Phi) is 9.57. The average Bonchev–Trinajstić information content (AvgIpc) is 3.41. The molecule has 2 aliphatic rings. The highest BCUT2D eigenvalue weighted by Crippen LogP contribution is 2.34. The summed E-state index contributed by atoms with van der Waals surface area (Å²) in [5.74, 6) is 1.09. The van der Waals surface area contributed by atoms with E-state index in [1.165, 1.54) is 13.2 Å². The number of halogens is 1. The molecule has 0 spiro atoms. The molecule has 238 valence electrons. The minimum atomic E-state index is -0.472. The number of benzene rings is 2. The number of methoxy groups -OCH3 is 1. The van der Waals surface area contributed by atoms with Crippen LogP contribution in [0.4, 0.5) is 4.39 Å². The fraction of sp³-hybridized carbons (Fsp3) is 0.371. The van der Waals surface area contributed by atoms with Crippen LogP contribution in [-0.2, 0) is 29.2 Å². The molecule has 0 amide bonds. The van der Waals surface area contributed by atoms with Crippen LogP contribution in [0.3, 0.4) is 0 Å². The summed E-state index contributed by atoms with van der Waals surface area (Å²) in [6, 6.07) is 15.5. The monoisotopic (exact) mass is 625 g/mol. The lowest BCUT2D eigenvalue weighted by Crippen LogP contribution is -2.35. The van der Waals surface area contributed by atoms with Gasteiger partial charge in [0.25, 0.3) is 0 Å². The number of pyridine rings is 1. The van der Waals surface area contributed by atoms with Crippen LogP contribution in [0.1, 0.15) is 58.2 Å². The molecule has 0 bridgehead atoms. The van der Waals surface area contributed by atoms with Crippen molar-refractivity contribution in [3.05, 3.63) is 95.2 Å². The van der Waals surface area contributed by atoms with Gasteiger partial charge in [-0.3, -0.25) is 4.90 Å². The molecule has 2 saturated heterocycles. The summed E-state index contributed by atoms with van der Waals surface area (Å²) in [6.45, 7) is 7.72. The quantitative estimate of drug-likeness (QED) is 0.148. The molecule has 2 aromatic carbocycles. The van der Waals surface area contributed by atoms with E-state index in [9.17, 15) is 9.18 Å². The first kappa shape index (κ1) is 31.2. The normalized spacial score (nSPS) is 16.8. The Morgan fingerprint density at radius 2 is 1.98 bits per heavy atom. The molecule has 0 unspecified atom stereocenters. The van der Waals surface area contributed by atoms with Gasteiger partial charge in [-0.25, -0.2) is 19.2 Å². The van der Waals surface area contributed by atoms with Crippen LogP contribution in [0.2, 0.25) is 0 Å². The molecular formula is C35H36FN5O5. The number of imidazole rings is 1. The van der Waals surface area contributed by atoms with Crippen molar-refractivity contribution in [2.24, 2.45) is 0 Å². The highest BCUT2D eigenvalue weighted by Gasteiger charge is 2.28. The van der Waals surface area contributed by atoms with Crippen molar-refractivity contribution in [2.75, 3.05) is 33.4 Å². The fourth-order valence-electron chi connectivity index (χ4n) is 5.96. The number of likely N-dealkylation sites (tertiary alicyclic amines) is 1. The molecule has 4 aromatic rings. The third kappa shape index (κ3) is 6.73. The lowest BCUT2D eigenvalue weighted by molar-refractivity contribution is -0.0592. The van der Waals surface area contributed by atoms with Crippen molar-refractivity contribution in [3.8, 4) is 17.7 Å².